The normalized spacial score (nSPS) is 13.7. The van der Waals surface area contributed by atoms with Crippen molar-refractivity contribution >= 4 is 16.8 Å². The molecule has 0 unspecified atom stereocenters. The summed E-state index contributed by atoms with van der Waals surface area (Å²) >= 11 is 0. The van der Waals surface area contributed by atoms with Crippen molar-refractivity contribution in [3.05, 3.63) is 71.5 Å². The fraction of sp³-hybridized carbons (Fsp3) is 0.190. The molecule has 1 amide bonds. The Balaban J connectivity index is 1.39. The van der Waals surface area contributed by atoms with E-state index < -0.39 is 0 Å². The Morgan fingerprint density at radius 1 is 1.00 bits per heavy atom. The molecule has 0 saturated heterocycles. The van der Waals surface area contributed by atoms with Gasteiger partial charge in [-0.1, -0.05) is 48.5 Å². The van der Waals surface area contributed by atoms with Crippen LogP contribution in [0.4, 0.5) is 0 Å². The van der Waals surface area contributed by atoms with Gasteiger partial charge in [0.1, 0.15) is 0 Å². The van der Waals surface area contributed by atoms with E-state index in [2.05, 4.69) is 20.4 Å². The molecule has 2 aromatic carbocycles. The molecule has 3 heterocycles. The summed E-state index contributed by atoms with van der Waals surface area (Å²) in [7, 11) is 0. The number of benzene rings is 2. The van der Waals surface area contributed by atoms with Crippen molar-refractivity contribution in [1.82, 2.24) is 25.3 Å². The Morgan fingerprint density at radius 3 is 2.70 bits per heavy atom. The van der Waals surface area contributed by atoms with Crippen molar-refractivity contribution in [1.29, 1.82) is 0 Å². The van der Waals surface area contributed by atoms with Gasteiger partial charge in [-0.15, -0.1) is 0 Å². The van der Waals surface area contributed by atoms with E-state index in [1.165, 1.54) is 0 Å². The number of H-pyrrole nitrogens is 2. The van der Waals surface area contributed by atoms with Gasteiger partial charge in [0.05, 0.1) is 23.3 Å². The maximum absolute atomic E-state index is 12.9. The minimum absolute atomic E-state index is 0.107. The van der Waals surface area contributed by atoms with E-state index in [0.29, 0.717) is 19.5 Å². The number of para-hydroxylation sites is 1. The summed E-state index contributed by atoms with van der Waals surface area (Å²) in [6.45, 7) is 1.29. The number of nitrogens with one attached hydrogen (secondary N) is 2. The summed E-state index contributed by atoms with van der Waals surface area (Å²) in [4.78, 5) is 14.9. The van der Waals surface area contributed by atoms with Crippen LogP contribution in [0.3, 0.4) is 0 Å². The second-order valence-corrected chi connectivity index (χ2v) is 6.86. The highest BCUT2D eigenvalue weighted by molar-refractivity contribution is 5.87. The average molecular weight is 357 g/mol. The maximum Gasteiger partial charge on any atom is 0.228 e. The number of carbonyl (C=O) groups is 1. The highest BCUT2D eigenvalue weighted by Gasteiger charge is 2.26. The zero-order valence-electron chi connectivity index (χ0n) is 14.8. The molecule has 5 rings (SSSR count). The number of hydrogen-bond acceptors (Lipinski definition) is 3. The first-order chi connectivity index (χ1) is 13.3. The minimum Gasteiger partial charge on any atom is -0.337 e. The van der Waals surface area contributed by atoms with E-state index in [-0.39, 0.29) is 5.91 Å². The number of hydrogen-bond donors (Lipinski definition) is 2. The van der Waals surface area contributed by atoms with Crippen LogP contribution in [-0.4, -0.2) is 37.7 Å². The standard InChI is InChI=1S/C21H19N5O/c27-20(12-19-15-8-4-5-9-17(15)22-24-19)26-11-10-18-16(13-26)21(25-23-18)14-6-2-1-3-7-14/h1-9H,10-13H2,(H,22,24)(H,23,25). The van der Waals surface area contributed by atoms with Crippen LogP contribution in [0, 0.1) is 0 Å². The van der Waals surface area contributed by atoms with Gasteiger partial charge in [-0.05, 0) is 6.07 Å². The lowest BCUT2D eigenvalue weighted by Gasteiger charge is -2.27. The van der Waals surface area contributed by atoms with Gasteiger partial charge in [-0.3, -0.25) is 15.0 Å². The van der Waals surface area contributed by atoms with Crippen LogP contribution in [0.2, 0.25) is 0 Å². The second-order valence-electron chi connectivity index (χ2n) is 6.86. The lowest BCUT2D eigenvalue weighted by molar-refractivity contribution is -0.131. The monoisotopic (exact) mass is 357 g/mol. The summed E-state index contributed by atoms with van der Waals surface area (Å²) in [5.74, 6) is 0.107. The SMILES string of the molecule is O=C(Cc1[nH]nc2ccccc12)N1CCc2[nH]nc(-c3ccccc3)c2C1. The van der Waals surface area contributed by atoms with Gasteiger partial charge in [-0.25, -0.2) is 0 Å². The largest absolute Gasteiger partial charge is 0.337 e. The average Bonchev–Trinajstić information content (AvgIpc) is 3.32. The molecule has 1 aliphatic rings. The fourth-order valence-electron chi connectivity index (χ4n) is 3.75. The van der Waals surface area contributed by atoms with Crippen molar-refractivity contribution in [3.8, 4) is 11.3 Å². The molecule has 2 aromatic heterocycles. The summed E-state index contributed by atoms with van der Waals surface area (Å²) in [6.07, 6.45) is 1.12. The number of amides is 1. The third-order valence-corrected chi connectivity index (χ3v) is 5.20. The molecule has 0 atom stereocenters. The molecular formula is C21H19N5O. The number of fused-ring (bicyclic) bond motifs is 2. The van der Waals surface area contributed by atoms with Gasteiger partial charge in [0, 0.05) is 41.7 Å². The van der Waals surface area contributed by atoms with Crippen molar-refractivity contribution in [2.24, 2.45) is 0 Å². The number of aromatic nitrogens is 4. The van der Waals surface area contributed by atoms with Crippen molar-refractivity contribution in [3.63, 3.8) is 0 Å². The highest BCUT2D eigenvalue weighted by Crippen LogP contribution is 2.28. The Labute approximate surface area is 156 Å². The molecule has 6 nitrogen and oxygen atoms in total. The molecule has 0 spiro atoms. The fourth-order valence-corrected chi connectivity index (χ4v) is 3.75. The third-order valence-electron chi connectivity index (χ3n) is 5.20. The van der Waals surface area contributed by atoms with E-state index in [0.717, 1.165) is 45.5 Å². The summed E-state index contributed by atoms with van der Waals surface area (Å²) in [5, 5.41) is 16.0. The summed E-state index contributed by atoms with van der Waals surface area (Å²) in [5.41, 5.74) is 6.03. The van der Waals surface area contributed by atoms with Crippen molar-refractivity contribution in [2.45, 2.75) is 19.4 Å². The molecule has 1 aliphatic heterocycles. The Bertz CT molecular complexity index is 1110. The van der Waals surface area contributed by atoms with Gasteiger partial charge < -0.3 is 4.90 Å². The Hall–Kier alpha value is -3.41. The molecule has 0 radical (unpaired) electrons. The van der Waals surface area contributed by atoms with Crippen LogP contribution in [0.1, 0.15) is 17.0 Å². The summed E-state index contributed by atoms with van der Waals surface area (Å²) in [6, 6.07) is 18.0. The van der Waals surface area contributed by atoms with Crippen LogP contribution >= 0.6 is 0 Å². The molecule has 27 heavy (non-hydrogen) atoms. The highest BCUT2D eigenvalue weighted by atomic mass is 16.2. The van der Waals surface area contributed by atoms with Gasteiger partial charge in [-0.2, -0.15) is 10.2 Å². The summed E-state index contributed by atoms with van der Waals surface area (Å²) < 4.78 is 0. The first-order valence-corrected chi connectivity index (χ1v) is 9.11. The maximum atomic E-state index is 12.9. The topological polar surface area (TPSA) is 77.7 Å². The number of rotatable bonds is 3. The molecule has 0 saturated carbocycles. The van der Waals surface area contributed by atoms with Crippen LogP contribution in [0.15, 0.2) is 54.6 Å². The van der Waals surface area contributed by atoms with Gasteiger partial charge in [0.25, 0.3) is 0 Å². The predicted octanol–water partition coefficient (Wildman–Crippen LogP) is 3.08. The van der Waals surface area contributed by atoms with Crippen molar-refractivity contribution < 1.29 is 4.79 Å². The molecule has 2 N–H and O–H groups in total. The second kappa shape index (κ2) is 6.39. The van der Waals surface area contributed by atoms with Crippen LogP contribution in [0.25, 0.3) is 22.2 Å². The van der Waals surface area contributed by atoms with E-state index in [9.17, 15) is 4.79 Å². The Kier molecular flexibility index (Phi) is 3.74. The van der Waals surface area contributed by atoms with Crippen molar-refractivity contribution in [2.75, 3.05) is 6.54 Å². The van der Waals surface area contributed by atoms with E-state index in [4.69, 9.17) is 0 Å². The molecule has 0 aliphatic carbocycles. The van der Waals surface area contributed by atoms with E-state index >= 15 is 0 Å². The quantitative estimate of drug-likeness (QED) is 0.591. The van der Waals surface area contributed by atoms with E-state index in [1.54, 1.807) is 0 Å². The lowest BCUT2D eigenvalue weighted by atomic mass is 10.0. The lowest BCUT2D eigenvalue weighted by Crippen LogP contribution is -2.37. The first kappa shape index (κ1) is 15.8. The smallest absolute Gasteiger partial charge is 0.228 e. The van der Waals surface area contributed by atoms with Crippen LogP contribution in [0.5, 0.6) is 0 Å². The number of nitrogens with zero attached hydrogens (tertiary/aromatic N) is 3. The molecular weight excluding hydrogens is 338 g/mol. The molecule has 0 fully saturated rings. The number of aromatic amines is 2. The molecule has 4 aromatic rings. The Morgan fingerprint density at radius 2 is 1.81 bits per heavy atom. The minimum atomic E-state index is 0.107. The van der Waals surface area contributed by atoms with Gasteiger partial charge in [0.2, 0.25) is 5.91 Å². The third kappa shape index (κ3) is 2.79. The predicted molar refractivity (Wildman–Crippen MR) is 103 cm³/mol. The molecule has 6 heteroatoms. The first-order valence-electron chi connectivity index (χ1n) is 9.11. The van der Waals surface area contributed by atoms with Crippen LogP contribution < -0.4 is 0 Å². The van der Waals surface area contributed by atoms with Crippen LogP contribution in [-0.2, 0) is 24.2 Å². The molecule has 134 valence electrons. The zero-order valence-corrected chi connectivity index (χ0v) is 14.8. The van der Waals surface area contributed by atoms with Gasteiger partial charge >= 0.3 is 0 Å². The number of carbonyl (C=O) groups excluding carboxylic acids is 1. The molecule has 0 bridgehead atoms. The zero-order chi connectivity index (χ0) is 18.2. The van der Waals surface area contributed by atoms with E-state index in [1.807, 2.05) is 59.5 Å². The van der Waals surface area contributed by atoms with Gasteiger partial charge in [0.15, 0.2) is 0 Å².